The van der Waals surface area contributed by atoms with Crippen molar-refractivity contribution >= 4 is 44.5 Å². The van der Waals surface area contributed by atoms with Crippen LogP contribution >= 0.6 is 23.8 Å². The molecule has 0 fully saturated rings. The van der Waals surface area contributed by atoms with E-state index in [1.165, 1.54) is 18.2 Å². The van der Waals surface area contributed by atoms with Gasteiger partial charge in [0.2, 0.25) is 0 Å². The summed E-state index contributed by atoms with van der Waals surface area (Å²) in [5.41, 5.74) is -2.63. The van der Waals surface area contributed by atoms with Gasteiger partial charge in [0.15, 0.2) is 0 Å². The lowest BCUT2D eigenvalue weighted by Crippen LogP contribution is -2.21. The molecule has 2 aromatic carbocycles. The first-order valence-electron chi connectivity index (χ1n) is 7.35. The van der Waals surface area contributed by atoms with Gasteiger partial charge in [0.25, 0.3) is 5.69 Å². The molecule has 0 N–H and O–H groups in total. The van der Waals surface area contributed by atoms with Crippen molar-refractivity contribution in [1.82, 2.24) is 0 Å². The third-order valence-electron chi connectivity index (χ3n) is 3.42. The molecule has 0 spiro atoms. The zero-order valence-electron chi connectivity index (χ0n) is 13.9. The molecule has 0 unspecified atom stereocenters. The SMILES string of the molecule is N#Cc1cc(OS(=O)(=O)CC(=S)c2cccc([N+](=O)[O-])c2Cl)ccc1C(F)(F)F. The molecule has 0 radical (unpaired) electrons. The highest BCUT2D eigenvalue weighted by Crippen LogP contribution is 2.34. The summed E-state index contributed by atoms with van der Waals surface area (Å²) in [5.74, 6) is -1.45. The van der Waals surface area contributed by atoms with E-state index in [1.54, 1.807) is 0 Å². The molecule has 0 aromatic heterocycles. The molecule has 7 nitrogen and oxygen atoms in total. The Hall–Kier alpha value is -2.75. The van der Waals surface area contributed by atoms with E-state index in [0.29, 0.717) is 12.1 Å². The molecule has 0 saturated carbocycles. The summed E-state index contributed by atoms with van der Waals surface area (Å²) in [5, 5.41) is 19.4. The van der Waals surface area contributed by atoms with E-state index in [-0.39, 0.29) is 15.5 Å². The maximum Gasteiger partial charge on any atom is 0.417 e. The number of nitro groups is 1. The maximum absolute atomic E-state index is 12.8. The molecular formula is C16H8ClF3N2O5S2. The molecule has 2 rings (SSSR count). The van der Waals surface area contributed by atoms with Crippen molar-refractivity contribution < 1.29 is 30.7 Å². The highest BCUT2D eigenvalue weighted by molar-refractivity contribution is 7.90. The van der Waals surface area contributed by atoms with E-state index in [4.69, 9.17) is 33.3 Å². The number of nitrogens with zero attached hydrogens (tertiary/aromatic N) is 2. The molecule has 0 aliphatic rings. The highest BCUT2D eigenvalue weighted by Gasteiger charge is 2.34. The second-order valence-corrected chi connectivity index (χ2v) is 7.86. The lowest BCUT2D eigenvalue weighted by Gasteiger charge is -2.12. The van der Waals surface area contributed by atoms with Gasteiger partial charge in [-0.25, -0.2) is 0 Å². The van der Waals surface area contributed by atoms with Crippen LogP contribution in [0.4, 0.5) is 18.9 Å². The first-order valence-corrected chi connectivity index (χ1v) is 9.71. The average Bonchev–Trinajstić information content (AvgIpc) is 2.59. The molecule has 0 heterocycles. The van der Waals surface area contributed by atoms with Crippen molar-refractivity contribution in [2.45, 2.75) is 6.18 Å². The van der Waals surface area contributed by atoms with Crippen LogP contribution in [-0.4, -0.2) is 24.0 Å². The molecule has 0 bridgehead atoms. The van der Waals surface area contributed by atoms with Crippen molar-refractivity contribution in [2.75, 3.05) is 5.75 Å². The van der Waals surface area contributed by atoms with E-state index in [1.807, 2.05) is 0 Å². The Labute approximate surface area is 172 Å². The minimum Gasteiger partial charge on any atom is -0.382 e. The Balaban J connectivity index is 2.28. The van der Waals surface area contributed by atoms with Gasteiger partial charge in [0, 0.05) is 22.6 Å². The monoisotopic (exact) mass is 464 g/mol. The molecule has 0 saturated heterocycles. The number of benzene rings is 2. The Kier molecular flexibility index (Phi) is 6.46. The van der Waals surface area contributed by atoms with Crippen LogP contribution < -0.4 is 4.18 Å². The third-order valence-corrected chi connectivity index (χ3v) is 5.46. The van der Waals surface area contributed by atoms with Crippen LogP contribution in [0.5, 0.6) is 5.75 Å². The zero-order chi connectivity index (χ0) is 22.0. The number of thiocarbonyl (C=S) groups is 1. The third kappa shape index (κ3) is 5.41. The van der Waals surface area contributed by atoms with Crippen LogP contribution in [0.1, 0.15) is 16.7 Å². The van der Waals surface area contributed by atoms with Gasteiger partial charge in [-0.3, -0.25) is 10.1 Å². The van der Waals surface area contributed by atoms with E-state index in [2.05, 4.69) is 0 Å². The molecule has 0 aliphatic carbocycles. The molecule has 2 aromatic rings. The molecule has 29 heavy (non-hydrogen) atoms. The second kappa shape index (κ2) is 8.32. The number of alkyl halides is 3. The fraction of sp³-hybridized carbons (Fsp3) is 0.125. The minimum atomic E-state index is -4.80. The lowest BCUT2D eigenvalue weighted by atomic mass is 10.1. The van der Waals surface area contributed by atoms with Crippen molar-refractivity contribution in [3.05, 3.63) is 68.2 Å². The fourth-order valence-corrected chi connectivity index (χ4v) is 4.11. The fourth-order valence-electron chi connectivity index (χ4n) is 2.21. The summed E-state index contributed by atoms with van der Waals surface area (Å²) in [6.45, 7) is 0. The maximum atomic E-state index is 12.8. The lowest BCUT2D eigenvalue weighted by molar-refractivity contribution is -0.384. The van der Waals surface area contributed by atoms with E-state index in [9.17, 15) is 31.7 Å². The van der Waals surface area contributed by atoms with Crippen LogP contribution in [0.15, 0.2) is 36.4 Å². The van der Waals surface area contributed by atoms with E-state index >= 15 is 0 Å². The standard InChI is InChI=1S/C16H8ClF3N2O5S2/c17-15-11(2-1-3-13(15)22(23)24)14(28)8-29(25,26)27-10-4-5-12(16(18,19)20)9(6-10)7-21/h1-6H,8H2. The van der Waals surface area contributed by atoms with Crippen LogP contribution in [0, 0.1) is 21.4 Å². The number of halogens is 4. The Morgan fingerprint density at radius 3 is 2.52 bits per heavy atom. The highest BCUT2D eigenvalue weighted by atomic mass is 35.5. The zero-order valence-corrected chi connectivity index (χ0v) is 16.3. The minimum absolute atomic E-state index is 0.0758. The van der Waals surface area contributed by atoms with Crippen molar-refractivity contribution in [3.63, 3.8) is 0 Å². The van der Waals surface area contributed by atoms with Crippen LogP contribution in [0.3, 0.4) is 0 Å². The number of nitriles is 1. The molecule has 0 atom stereocenters. The van der Waals surface area contributed by atoms with E-state index < -0.39 is 49.5 Å². The summed E-state index contributed by atoms with van der Waals surface area (Å²) in [6.07, 6.45) is -4.80. The van der Waals surface area contributed by atoms with Gasteiger partial charge >= 0.3 is 16.3 Å². The van der Waals surface area contributed by atoms with Gasteiger partial charge in [-0.2, -0.15) is 26.9 Å². The van der Waals surface area contributed by atoms with Gasteiger partial charge in [-0.1, -0.05) is 36.0 Å². The van der Waals surface area contributed by atoms with Gasteiger partial charge in [-0.15, -0.1) is 0 Å². The Morgan fingerprint density at radius 1 is 1.31 bits per heavy atom. The van der Waals surface area contributed by atoms with Gasteiger partial charge in [-0.05, 0) is 12.1 Å². The van der Waals surface area contributed by atoms with Crippen LogP contribution in [-0.2, 0) is 16.3 Å². The number of hydrogen-bond acceptors (Lipinski definition) is 7. The van der Waals surface area contributed by atoms with Crippen molar-refractivity contribution in [2.24, 2.45) is 0 Å². The smallest absolute Gasteiger partial charge is 0.382 e. The predicted octanol–water partition coefficient (Wildman–Crippen LogP) is 4.27. The van der Waals surface area contributed by atoms with Gasteiger partial charge < -0.3 is 4.18 Å². The summed E-state index contributed by atoms with van der Waals surface area (Å²) in [7, 11) is -4.47. The van der Waals surface area contributed by atoms with Crippen LogP contribution in [0.2, 0.25) is 5.02 Å². The largest absolute Gasteiger partial charge is 0.417 e. The molecule has 152 valence electrons. The number of hydrogen-bond donors (Lipinski definition) is 0. The Bertz CT molecular complexity index is 1140. The summed E-state index contributed by atoms with van der Waals surface area (Å²) < 4.78 is 67.5. The summed E-state index contributed by atoms with van der Waals surface area (Å²) in [6, 6.07) is 6.84. The second-order valence-electron chi connectivity index (χ2n) is 5.42. The van der Waals surface area contributed by atoms with Gasteiger partial charge in [0.1, 0.15) is 16.5 Å². The average molecular weight is 465 g/mol. The topological polar surface area (TPSA) is 110 Å². The Morgan fingerprint density at radius 2 is 1.97 bits per heavy atom. The summed E-state index contributed by atoms with van der Waals surface area (Å²) in [4.78, 5) is 9.84. The first-order chi connectivity index (χ1) is 13.4. The molecule has 13 heteroatoms. The van der Waals surface area contributed by atoms with Crippen molar-refractivity contribution in [1.29, 1.82) is 5.26 Å². The van der Waals surface area contributed by atoms with E-state index in [0.717, 1.165) is 12.1 Å². The number of nitro benzene ring substituents is 1. The molecule has 0 amide bonds. The summed E-state index contributed by atoms with van der Waals surface area (Å²) >= 11 is 10.8. The normalized spacial score (nSPS) is 11.6. The molecule has 0 aliphatic heterocycles. The van der Waals surface area contributed by atoms with Crippen molar-refractivity contribution in [3.8, 4) is 11.8 Å². The van der Waals surface area contributed by atoms with Gasteiger partial charge in [0.05, 0.1) is 22.1 Å². The first kappa shape index (κ1) is 22.5. The molecular weight excluding hydrogens is 457 g/mol. The quantitative estimate of drug-likeness (QED) is 0.206. The predicted molar refractivity (Wildman–Crippen MR) is 100 cm³/mol. The number of rotatable bonds is 6. The van der Waals surface area contributed by atoms with Crippen LogP contribution in [0.25, 0.3) is 0 Å².